The van der Waals surface area contributed by atoms with Gasteiger partial charge in [0.05, 0.1) is 17.6 Å². The Morgan fingerprint density at radius 3 is 2.64 bits per heavy atom. The first-order valence-electron chi connectivity index (χ1n) is 15.0. The van der Waals surface area contributed by atoms with E-state index in [-0.39, 0.29) is 70.0 Å². The Kier molecular flexibility index (Phi) is 7.62. The van der Waals surface area contributed by atoms with Crippen LogP contribution in [-0.2, 0) is 4.74 Å². The molecule has 0 radical (unpaired) electrons. The van der Waals surface area contributed by atoms with Crippen LogP contribution in [0.2, 0.25) is 0 Å². The van der Waals surface area contributed by atoms with E-state index in [9.17, 15) is 9.50 Å². The van der Waals surface area contributed by atoms with Crippen molar-refractivity contribution in [3.05, 3.63) is 47.2 Å². The average Bonchev–Trinajstić information content (AvgIpc) is 3.37. The molecule has 2 aromatic heterocycles. The number of morpholine rings is 1. The lowest BCUT2D eigenvalue weighted by atomic mass is 9.95. The molecule has 0 aliphatic carbocycles. The number of halogens is 2. The van der Waals surface area contributed by atoms with E-state index in [0.29, 0.717) is 42.8 Å². The van der Waals surface area contributed by atoms with Gasteiger partial charge in [-0.1, -0.05) is 17.9 Å². The van der Waals surface area contributed by atoms with Crippen LogP contribution in [0.15, 0.2) is 24.3 Å². The van der Waals surface area contributed by atoms with E-state index in [2.05, 4.69) is 42.8 Å². The second-order valence-electron chi connectivity index (χ2n) is 11.8. The smallest absolute Gasteiger partial charge is 0.319 e. The van der Waals surface area contributed by atoms with Crippen molar-refractivity contribution in [2.75, 3.05) is 51.3 Å². The summed E-state index contributed by atoms with van der Waals surface area (Å²) in [5.41, 5.74) is 0.103. The number of nitrogens with one attached hydrogen (secondary N) is 1. The fraction of sp³-hybridized carbons (Fsp3) is 0.382. The molecule has 2 aromatic carbocycles. The van der Waals surface area contributed by atoms with Crippen LogP contribution in [0.5, 0.6) is 11.8 Å². The van der Waals surface area contributed by atoms with Gasteiger partial charge in [0.2, 0.25) is 0 Å². The summed E-state index contributed by atoms with van der Waals surface area (Å²) in [5.74, 6) is 7.20. The number of aromatic hydroxyl groups is 1. The van der Waals surface area contributed by atoms with Gasteiger partial charge < -0.3 is 29.7 Å². The summed E-state index contributed by atoms with van der Waals surface area (Å²) in [4.78, 5) is 18.4. The Morgan fingerprint density at radius 1 is 1.11 bits per heavy atom. The van der Waals surface area contributed by atoms with E-state index in [4.69, 9.17) is 20.9 Å². The minimum atomic E-state index is -0.786. The van der Waals surface area contributed by atoms with Crippen LogP contribution in [0.3, 0.4) is 0 Å². The van der Waals surface area contributed by atoms with E-state index in [1.165, 1.54) is 24.3 Å². The number of benzene rings is 2. The number of phenolic OH excluding ortho intramolecular Hbond substituents is 1. The quantitative estimate of drug-likeness (QED) is 0.327. The van der Waals surface area contributed by atoms with Crippen molar-refractivity contribution in [2.45, 2.75) is 38.0 Å². The highest BCUT2D eigenvalue weighted by atomic mass is 19.1. The Labute approximate surface area is 259 Å². The summed E-state index contributed by atoms with van der Waals surface area (Å²) in [6.07, 6.45) is 7.59. The molecule has 3 aliphatic rings. The topological polar surface area (TPSA) is 95.9 Å². The van der Waals surface area contributed by atoms with Crippen molar-refractivity contribution in [1.29, 1.82) is 0 Å². The molecule has 11 heteroatoms. The molecular formula is C34H32F2N6O3. The van der Waals surface area contributed by atoms with Gasteiger partial charge in [-0.05, 0) is 56.3 Å². The maximum absolute atomic E-state index is 17.0. The molecule has 3 fully saturated rings. The molecule has 3 atom stereocenters. The van der Waals surface area contributed by atoms with Crippen LogP contribution < -0.4 is 15.0 Å². The lowest BCUT2D eigenvalue weighted by Crippen LogP contribution is -2.51. The van der Waals surface area contributed by atoms with E-state index < -0.39 is 11.6 Å². The molecule has 0 amide bonds. The highest BCUT2D eigenvalue weighted by Crippen LogP contribution is 2.40. The van der Waals surface area contributed by atoms with E-state index in [1.807, 2.05) is 7.05 Å². The summed E-state index contributed by atoms with van der Waals surface area (Å²) >= 11 is 0. The third kappa shape index (κ3) is 5.38. The van der Waals surface area contributed by atoms with Crippen molar-refractivity contribution in [1.82, 2.24) is 25.2 Å². The maximum atomic E-state index is 17.0. The lowest BCUT2D eigenvalue weighted by Gasteiger charge is -2.34. The summed E-state index contributed by atoms with van der Waals surface area (Å²) in [6.45, 7) is 5.28. The summed E-state index contributed by atoms with van der Waals surface area (Å²) < 4.78 is 43.8. The summed E-state index contributed by atoms with van der Waals surface area (Å²) in [6, 6.07) is 6.03. The highest BCUT2D eigenvalue weighted by Gasteiger charge is 2.35. The zero-order valence-electron chi connectivity index (χ0n) is 25.0. The van der Waals surface area contributed by atoms with Crippen LogP contribution in [0, 0.1) is 35.8 Å². The first-order chi connectivity index (χ1) is 21.8. The third-order valence-electron chi connectivity index (χ3n) is 8.70. The predicted octanol–water partition coefficient (Wildman–Crippen LogP) is 3.83. The molecule has 3 saturated heterocycles. The number of ether oxygens (including phenoxy) is 2. The molecule has 3 aliphatic heterocycles. The molecule has 0 saturated carbocycles. The summed E-state index contributed by atoms with van der Waals surface area (Å²) in [7, 11) is 2.02. The van der Waals surface area contributed by atoms with Crippen LogP contribution in [0.25, 0.3) is 32.9 Å². The van der Waals surface area contributed by atoms with Crippen molar-refractivity contribution < 1.29 is 23.4 Å². The van der Waals surface area contributed by atoms with E-state index in [0.717, 1.165) is 19.4 Å². The number of pyridine rings is 1. The van der Waals surface area contributed by atoms with Crippen molar-refractivity contribution in [3.63, 3.8) is 0 Å². The fourth-order valence-corrected chi connectivity index (χ4v) is 6.67. The van der Waals surface area contributed by atoms with Gasteiger partial charge in [-0.25, -0.2) is 13.8 Å². The van der Waals surface area contributed by atoms with Crippen LogP contribution >= 0.6 is 0 Å². The number of hydrogen-bond acceptors (Lipinski definition) is 9. The number of hydrogen-bond donors (Lipinski definition) is 2. The molecule has 2 N–H and O–H groups in total. The highest BCUT2D eigenvalue weighted by molar-refractivity contribution is 6.04. The largest absolute Gasteiger partial charge is 0.508 e. The van der Waals surface area contributed by atoms with Gasteiger partial charge in [0.25, 0.3) is 0 Å². The van der Waals surface area contributed by atoms with E-state index in [1.54, 1.807) is 6.92 Å². The van der Waals surface area contributed by atoms with Gasteiger partial charge in [0, 0.05) is 49.2 Å². The monoisotopic (exact) mass is 610 g/mol. The number of aromatic nitrogens is 3. The number of likely N-dealkylation sites (N-methyl/N-ethyl adjacent to an activating group) is 1. The average molecular weight is 611 g/mol. The number of phenols is 1. The predicted molar refractivity (Wildman–Crippen MR) is 167 cm³/mol. The Bertz CT molecular complexity index is 1920. The van der Waals surface area contributed by atoms with Gasteiger partial charge in [-0.3, -0.25) is 0 Å². The molecule has 5 heterocycles. The normalized spacial score (nSPS) is 21.5. The number of rotatable bonds is 5. The molecule has 7 rings (SSSR count). The Morgan fingerprint density at radius 2 is 1.91 bits per heavy atom. The summed E-state index contributed by atoms with van der Waals surface area (Å²) in [5, 5.41) is 15.3. The molecule has 2 bridgehead atoms. The van der Waals surface area contributed by atoms with Gasteiger partial charge >= 0.3 is 6.01 Å². The second kappa shape index (κ2) is 11.8. The molecule has 0 spiro atoms. The van der Waals surface area contributed by atoms with Gasteiger partial charge in [-0.15, -0.1) is 6.42 Å². The number of fused-ring (bicyclic) bond motifs is 4. The number of piperazine rings is 1. The maximum Gasteiger partial charge on any atom is 0.319 e. The van der Waals surface area contributed by atoms with Crippen molar-refractivity contribution in [3.8, 4) is 47.2 Å². The van der Waals surface area contributed by atoms with Crippen LogP contribution in [0.1, 0.15) is 31.0 Å². The van der Waals surface area contributed by atoms with Crippen LogP contribution in [0.4, 0.5) is 14.6 Å². The SMILES string of the molecule is C#Cc1c(F)ccc2cc(O)cc(-c3nc(C#CC)c4c(N5C[C@H]6CC[C@@H](C5)N6)nc(OC[C@@H]5CN(C)CCO5)nc4c3F)c12. The van der Waals surface area contributed by atoms with Gasteiger partial charge in [-0.2, -0.15) is 9.97 Å². The van der Waals surface area contributed by atoms with Crippen LogP contribution in [-0.4, -0.2) is 89.6 Å². The molecule has 9 nitrogen and oxygen atoms in total. The molecular weight excluding hydrogens is 578 g/mol. The number of nitrogens with zero attached hydrogens (tertiary/aromatic N) is 5. The zero-order chi connectivity index (χ0) is 31.2. The molecule has 45 heavy (non-hydrogen) atoms. The third-order valence-corrected chi connectivity index (χ3v) is 8.70. The minimum absolute atomic E-state index is 0.00258. The standard InChI is InChI=1S/C34H32F2N6O3/c1-4-6-27-29-32(30(36)31(38-27)25-14-22(43)13-19-7-10-26(35)24(5-2)28(19)25)39-34(45-18-23-17-41(3)11-12-44-23)40-33(29)42-15-20-8-9-21(16-42)37-20/h2,7,10,13-14,20-21,23,37,43H,8-9,11-12,15-18H2,1,3H3/t20-,21+,23-/m0/s1. The minimum Gasteiger partial charge on any atom is -0.508 e. The molecule has 0 unspecified atom stereocenters. The lowest BCUT2D eigenvalue weighted by molar-refractivity contribution is -0.0416. The number of anilines is 1. The second-order valence-corrected chi connectivity index (χ2v) is 11.8. The fourth-order valence-electron chi connectivity index (χ4n) is 6.67. The Balaban J connectivity index is 1.45. The van der Waals surface area contributed by atoms with Crippen molar-refractivity contribution in [2.24, 2.45) is 0 Å². The zero-order valence-corrected chi connectivity index (χ0v) is 25.0. The van der Waals surface area contributed by atoms with E-state index >= 15 is 4.39 Å². The molecule has 230 valence electrons. The van der Waals surface area contributed by atoms with Gasteiger partial charge in [0.15, 0.2) is 5.82 Å². The first kappa shape index (κ1) is 29.2. The Hall–Kier alpha value is -4.55. The van der Waals surface area contributed by atoms with Crippen molar-refractivity contribution >= 4 is 27.5 Å². The molecule has 4 aromatic rings. The van der Waals surface area contributed by atoms with Gasteiger partial charge in [0.1, 0.15) is 47.0 Å². The number of terminal acetylenes is 1. The first-order valence-corrected chi connectivity index (χ1v) is 15.0.